The number of fused-ring (bicyclic) bond motifs is 1. The Balaban J connectivity index is 1.86. The minimum Gasteiger partial charge on any atom is -0.408 e. The van der Waals surface area contributed by atoms with Gasteiger partial charge in [0.2, 0.25) is 5.91 Å². The third-order valence-electron chi connectivity index (χ3n) is 3.80. The van der Waals surface area contributed by atoms with Crippen LogP contribution in [0.2, 0.25) is 0 Å². The van der Waals surface area contributed by atoms with Crippen molar-refractivity contribution in [3.8, 4) is 0 Å². The van der Waals surface area contributed by atoms with Crippen LogP contribution < -0.4 is 5.76 Å². The third kappa shape index (κ3) is 2.58. The Morgan fingerprint density at radius 1 is 1.33 bits per heavy atom. The van der Waals surface area contributed by atoms with Gasteiger partial charge in [0.1, 0.15) is 6.54 Å². The Bertz CT molecular complexity index is 718. The molecule has 1 saturated heterocycles. The number of ether oxygens (including phenoxy) is 1. The molecule has 0 saturated carbocycles. The number of carbonyl (C=O) groups excluding carboxylic acids is 1. The molecule has 6 heteroatoms. The summed E-state index contributed by atoms with van der Waals surface area (Å²) in [5, 5.41) is 0. The topological polar surface area (TPSA) is 64.7 Å². The number of hydrogen-bond acceptors (Lipinski definition) is 4. The Morgan fingerprint density at radius 3 is 2.90 bits per heavy atom. The lowest BCUT2D eigenvalue weighted by Gasteiger charge is -2.36. The van der Waals surface area contributed by atoms with Crippen LogP contribution in [0.4, 0.5) is 0 Å². The molecule has 1 amide bonds. The molecule has 0 unspecified atom stereocenters. The average Bonchev–Trinajstić information content (AvgIpc) is 2.78. The van der Waals surface area contributed by atoms with Crippen LogP contribution in [0.5, 0.6) is 0 Å². The maximum absolute atomic E-state index is 12.5. The van der Waals surface area contributed by atoms with Crippen LogP contribution in [-0.2, 0) is 16.1 Å². The number of hydrogen-bond donors (Lipinski definition) is 0. The van der Waals surface area contributed by atoms with Crippen molar-refractivity contribution in [3.63, 3.8) is 0 Å². The molecule has 1 fully saturated rings. The van der Waals surface area contributed by atoms with E-state index in [1.54, 1.807) is 23.1 Å². The molecule has 1 aromatic carbocycles. The molecular formula is C15H18N2O4. The SMILES string of the molecule is C[C@H]1CN(C(=O)Cn2c(=O)oc3ccccc32)[C@@H](C)CO1. The molecular weight excluding hydrogens is 272 g/mol. The van der Waals surface area contributed by atoms with Crippen molar-refractivity contribution in [2.75, 3.05) is 13.2 Å². The molecule has 21 heavy (non-hydrogen) atoms. The van der Waals surface area contributed by atoms with Gasteiger partial charge in [-0.2, -0.15) is 0 Å². The van der Waals surface area contributed by atoms with E-state index in [-0.39, 0.29) is 24.6 Å². The van der Waals surface area contributed by atoms with Gasteiger partial charge in [-0.05, 0) is 26.0 Å². The van der Waals surface area contributed by atoms with Crippen molar-refractivity contribution >= 4 is 17.0 Å². The van der Waals surface area contributed by atoms with Gasteiger partial charge in [0, 0.05) is 6.54 Å². The zero-order valence-electron chi connectivity index (χ0n) is 12.1. The molecule has 1 aliphatic rings. The number of carbonyl (C=O) groups is 1. The standard InChI is InChI=1S/C15H18N2O4/c1-10-9-20-11(2)7-16(10)14(18)8-17-12-5-3-4-6-13(12)21-15(17)19/h3-6,10-11H,7-9H2,1-2H3/t10-,11-/m0/s1. The number of para-hydroxylation sites is 2. The van der Waals surface area contributed by atoms with Gasteiger partial charge < -0.3 is 14.1 Å². The molecule has 0 aliphatic carbocycles. The smallest absolute Gasteiger partial charge is 0.408 e. The van der Waals surface area contributed by atoms with Gasteiger partial charge in [0.25, 0.3) is 0 Å². The normalized spacial score (nSPS) is 22.7. The number of amides is 1. The number of morpholine rings is 1. The number of aromatic nitrogens is 1. The summed E-state index contributed by atoms with van der Waals surface area (Å²) in [5.74, 6) is -0.593. The van der Waals surface area contributed by atoms with E-state index in [0.717, 1.165) is 0 Å². The summed E-state index contributed by atoms with van der Waals surface area (Å²) in [7, 11) is 0. The highest BCUT2D eigenvalue weighted by molar-refractivity contribution is 5.80. The number of oxazole rings is 1. The molecule has 0 spiro atoms. The van der Waals surface area contributed by atoms with Crippen LogP contribution in [0.25, 0.3) is 11.1 Å². The lowest BCUT2D eigenvalue weighted by molar-refractivity contribution is -0.143. The maximum Gasteiger partial charge on any atom is 0.420 e. The van der Waals surface area contributed by atoms with Gasteiger partial charge in [-0.1, -0.05) is 12.1 Å². The molecule has 2 atom stereocenters. The fourth-order valence-electron chi connectivity index (χ4n) is 2.64. The molecule has 0 N–H and O–H groups in total. The lowest BCUT2D eigenvalue weighted by Crippen LogP contribution is -2.51. The second-order valence-electron chi connectivity index (χ2n) is 5.46. The van der Waals surface area contributed by atoms with E-state index < -0.39 is 5.76 Å². The first-order valence-corrected chi connectivity index (χ1v) is 7.05. The van der Waals surface area contributed by atoms with E-state index in [1.165, 1.54) is 4.57 Å². The van der Waals surface area contributed by atoms with E-state index in [0.29, 0.717) is 24.3 Å². The molecule has 2 heterocycles. The van der Waals surface area contributed by atoms with Crippen molar-refractivity contribution in [2.24, 2.45) is 0 Å². The van der Waals surface area contributed by atoms with Crippen LogP contribution in [0.1, 0.15) is 13.8 Å². The van der Waals surface area contributed by atoms with E-state index in [2.05, 4.69) is 0 Å². The van der Waals surface area contributed by atoms with E-state index in [4.69, 9.17) is 9.15 Å². The van der Waals surface area contributed by atoms with Crippen molar-refractivity contribution < 1.29 is 13.9 Å². The molecule has 3 rings (SSSR count). The lowest BCUT2D eigenvalue weighted by atomic mass is 10.2. The molecule has 6 nitrogen and oxygen atoms in total. The number of rotatable bonds is 2. The quantitative estimate of drug-likeness (QED) is 0.834. The highest BCUT2D eigenvalue weighted by Gasteiger charge is 2.28. The zero-order chi connectivity index (χ0) is 15.0. The minimum atomic E-state index is -0.501. The van der Waals surface area contributed by atoms with Crippen LogP contribution >= 0.6 is 0 Å². The summed E-state index contributed by atoms with van der Waals surface area (Å²) in [6.07, 6.45) is 0.0166. The molecule has 0 bridgehead atoms. The summed E-state index contributed by atoms with van der Waals surface area (Å²) in [6.45, 7) is 4.94. The highest BCUT2D eigenvalue weighted by atomic mass is 16.5. The average molecular weight is 290 g/mol. The summed E-state index contributed by atoms with van der Waals surface area (Å²) in [4.78, 5) is 26.2. The molecule has 2 aromatic rings. The fraction of sp³-hybridized carbons (Fsp3) is 0.467. The Hall–Kier alpha value is -2.08. The Kier molecular flexibility index (Phi) is 3.55. The molecule has 0 radical (unpaired) electrons. The summed E-state index contributed by atoms with van der Waals surface area (Å²) < 4.78 is 12.0. The van der Waals surface area contributed by atoms with Crippen molar-refractivity contribution in [1.29, 1.82) is 0 Å². The van der Waals surface area contributed by atoms with E-state index in [1.807, 2.05) is 19.9 Å². The largest absolute Gasteiger partial charge is 0.420 e. The van der Waals surface area contributed by atoms with Gasteiger partial charge in [0.05, 0.1) is 24.3 Å². The van der Waals surface area contributed by atoms with Gasteiger partial charge in [-0.15, -0.1) is 0 Å². The van der Waals surface area contributed by atoms with Crippen molar-refractivity contribution in [1.82, 2.24) is 9.47 Å². The molecule has 1 aliphatic heterocycles. The predicted molar refractivity (Wildman–Crippen MR) is 77.1 cm³/mol. The molecule has 1 aromatic heterocycles. The zero-order valence-corrected chi connectivity index (χ0v) is 12.1. The Morgan fingerprint density at radius 2 is 2.10 bits per heavy atom. The van der Waals surface area contributed by atoms with E-state index in [9.17, 15) is 9.59 Å². The van der Waals surface area contributed by atoms with Crippen LogP contribution in [0, 0.1) is 0 Å². The summed E-state index contributed by atoms with van der Waals surface area (Å²) in [5.41, 5.74) is 1.14. The van der Waals surface area contributed by atoms with Gasteiger partial charge in [-0.3, -0.25) is 9.36 Å². The van der Waals surface area contributed by atoms with Gasteiger partial charge in [0.15, 0.2) is 5.58 Å². The van der Waals surface area contributed by atoms with Crippen LogP contribution in [-0.4, -0.2) is 40.7 Å². The fourth-order valence-corrected chi connectivity index (χ4v) is 2.64. The minimum absolute atomic E-state index is 0.00704. The Labute approximate surface area is 121 Å². The second kappa shape index (κ2) is 5.37. The van der Waals surface area contributed by atoms with Crippen LogP contribution in [0.3, 0.4) is 0 Å². The first-order valence-electron chi connectivity index (χ1n) is 7.05. The van der Waals surface area contributed by atoms with Crippen molar-refractivity contribution in [2.45, 2.75) is 32.5 Å². The maximum atomic E-state index is 12.5. The number of benzene rings is 1. The third-order valence-corrected chi connectivity index (χ3v) is 3.80. The summed E-state index contributed by atoms with van der Waals surface area (Å²) in [6, 6.07) is 7.12. The van der Waals surface area contributed by atoms with Gasteiger partial charge in [-0.25, -0.2) is 4.79 Å². The predicted octanol–water partition coefficient (Wildman–Crippen LogP) is 1.23. The second-order valence-corrected chi connectivity index (χ2v) is 5.46. The first kappa shape index (κ1) is 13.9. The summed E-state index contributed by atoms with van der Waals surface area (Å²) >= 11 is 0. The monoisotopic (exact) mass is 290 g/mol. The van der Waals surface area contributed by atoms with E-state index >= 15 is 0 Å². The van der Waals surface area contributed by atoms with Crippen molar-refractivity contribution in [3.05, 3.63) is 34.8 Å². The first-order chi connectivity index (χ1) is 10.1. The van der Waals surface area contributed by atoms with Crippen LogP contribution in [0.15, 0.2) is 33.5 Å². The van der Waals surface area contributed by atoms with Gasteiger partial charge >= 0.3 is 5.76 Å². The number of nitrogens with zero attached hydrogens (tertiary/aromatic N) is 2. The molecule has 112 valence electrons. The highest BCUT2D eigenvalue weighted by Crippen LogP contribution is 2.15.